The van der Waals surface area contributed by atoms with Crippen LogP contribution in [0.15, 0.2) is 0 Å². The first kappa shape index (κ1) is 8.39. The van der Waals surface area contributed by atoms with Crippen LogP contribution in [0.5, 0.6) is 0 Å². The van der Waals surface area contributed by atoms with Crippen LogP contribution in [0.3, 0.4) is 0 Å². The van der Waals surface area contributed by atoms with Crippen LogP contribution >= 0.6 is 0 Å². The number of ether oxygens (including phenoxy) is 1. The van der Waals surface area contributed by atoms with Crippen LogP contribution in [0.25, 0.3) is 0 Å². The molecule has 0 aromatic heterocycles. The molecule has 0 rings (SSSR count). The lowest BCUT2D eigenvalue weighted by Crippen LogP contribution is -2.27. The number of carbonyl (C=O) groups excluding carboxylic acids is 1. The lowest BCUT2D eigenvalue weighted by Gasteiger charge is -2.05. The summed E-state index contributed by atoms with van der Waals surface area (Å²) >= 11 is 0. The fourth-order valence-electron chi connectivity index (χ4n) is 0.425. The van der Waals surface area contributed by atoms with Crippen molar-refractivity contribution in [1.29, 1.82) is 0 Å². The Morgan fingerprint density at radius 2 is 2.56 bits per heavy atom. The minimum absolute atomic E-state index is 0.00431. The predicted octanol–water partition coefficient (Wildman–Crippen LogP) is -1.35. The third-order valence-corrected chi connectivity index (χ3v) is 0.774. The molecule has 0 aliphatic rings. The highest BCUT2D eigenvalue weighted by Crippen LogP contribution is 1.78. The topological polar surface area (TPSA) is 58.6 Å². The second kappa shape index (κ2) is 5.53. The zero-order valence-corrected chi connectivity index (χ0v) is 5.26. The lowest BCUT2D eigenvalue weighted by molar-refractivity contribution is 0.0995. The molecule has 0 aliphatic carbocycles. The van der Waals surface area contributed by atoms with Gasteiger partial charge in [-0.3, -0.25) is 0 Å². The van der Waals surface area contributed by atoms with Gasteiger partial charge in [0.25, 0.3) is 0 Å². The lowest BCUT2D eigenvalue weighted by atomic mass is 10.4. The van der Waals surface area contributed by atoms with Gasteiger partial charge in [-0.2, -0.15) is 0 Å². The Kier molecular flexibility index (Phi) is 5.15. The molecule has 0 aromatic carbocycles. The van der Waals surface area contributed by atoms with Crippen LogP contribution in [0, 0.1) is 0 Å². The minimum atomic E-state index is -0.628. The molecule has 0 bridgehead atoms. The van der Waals surface area contributed by atoms with Crippen LogP contribution in [-0.4, -0.2) is 37.9 Å². The SMILES string of the molecule is CNCC(O)CO[C]=O. The standard InChI is InChI=1S/C5H10NO3/c1-6-2-5(8)3-9-4-7/h5-6,8H,2-3H2,1H3. The van der Waals surface area contributed by atoms with Crippen LogP contribution in [0.2, 0.25) is 0 Å². The molecule has 0 aliphatic heterocycles. The quantitative estimate of drug-likeness (QED) is 0.485. The monoisotopic (exact) mass is 132 g/mol. The Bertz CT molecular complexity index is 76.6. The molecule has 0 heterocycles. The summed E-state index contributed by atoms with van der Waals surface area (Å²) in [4.78, 5) is 9.43. The Balaban J connectivity index is 3.04. The van der Waals surface area contributed by atoms with Gasteiger partial charge < -0.3 is 15.2 Å². The molecule has 1 atom stereocenters. The highest BCUT2D eigenvalue weighted by molar-refractivity contribution is 5.38. The van der Waals surface area contributed by atoms with E-state index in [0.29, 0.717) is 6.54 Å². The Morgan fingerprint density at radius 3 is 3.00 bits per heavy atom. The van der Waals surface area contributed by atoms with Gasteiger partial charge in [0.1, 0.15) is 12.7 Å². The molecule has 53 valence electrons. The smallest absolute Gasteiger partial charge is 0.417 e. The number of hydrogen-bond acceptors (Lipinski definition) is 4. The molecule has 1 unspecified atom stereocenters. The molecular weight excluding hydrogens is 122 g/mol. The van der Waals surface area contributed by atoms with Crippen molar-refractivity contribution in [3.8, 4) is 0 Å². The summed E-state index contributed by atoms with van der Waals surface area (Å²) in [7, 11) is 1.70. The molecule has 0 saturated carbocycles. The molecule has 9 heavy (non-hydrogen) atoms. The zero-order chi connectivity index (χ0) is 7.11. The van der Waals surface area contributed by atoms with Gasteiger partial charge in [-0.25, -0.2) is 4.79 Å². The van der Waals surface area contributed by atoms with Gasteiger partial charge in [0, 0.05) is 6.54 Å². The highest BCUT2D eigenvalue weighted by atomic mass is 16.5. The van der Waals surface area contributed by atoms with Gasteiger partial charge in [0.2, 0.25) is 0 Å². The first-order chi connectivity index (χ1) is 4.31. The van der Waals surface area contributed by atoms with Crippen molar-refractivity contribution in [3.63, 3.8) is 0 Å². The number of aliphatic hydroxyl groups excluding tert-OH is 1. The molecule has 4 nitrogen and oxygen atoms in total. The summed E-state index contributed by atoms with van der Waals surface area (Å²) in [5.41, 5.74) is 0. The fourth-order valence-corrected chi connectivity index (χ4v) is 0.425. The average Bonchev–Trinajstić information content (AvgIpc) is 1.85. The first-order valence-corrected chi connectivity index (χ1v) is 2.63. The molecule has 0 fully saturated rings. The van der Waals surface area contributed by atoms with Crippen LogP contribution < -0.4 is 5.32 Å². The summed E-state index contributed by atoms with van der Waals surface area (Å²) in [5.74, 6) is 0. The minimum Gasteiger partial charge on any atom is -0.454 e. The van der Waals surface area contributed by atoms with Crippen molar-refractivity contribution < 1.29 is 14.6 Å². The van der Waals surface area contributed by atoms with E-state index >= 15 is 0 Å². The number of rotatable bonds is 5. The number of nitrogens with one attached hydrogen (secondary N) is 1. The Hall–Kier alpha value is -0.610. The maximum Gasteiger partial charge on any atom is 0.417 e. The van der Waals surface area contributed by atoms with Crippen molar-refractivity contribution >= 4 is 6.47 Å². The second-order valence-corrected chi connectivity index (χ2v) is 1.61. The summed E-state index contributed by atoms with van der Waals surface area (Å²) in [6.07, 6.45) is -0.628. The van der Waals surface area contributed by atoms with Gasteiger partial charge in [0.15, 0.2) is 0 Å². The van der Waals surface area contributed by atoms with E-state index in [1.165, 1.54) is 6.47 Å². The summed E-state index contributed by atoms with van der Waals surface area (Å²) in [6, 6.07) is 0. The van der Waals surface area contributed by atoms with Crippen LogP contribution in [0.1, 0.15) is 0 Å². The van der Waals surface area contributed by atoms with Gasteiger partial charge in [-0.1, -0.05) is 0 Å². The third kappa shape index (κ3) is 5.26. The highest BCUT2D eigenvalue weighted by Gasteiger charge is 2.00. The van der Waals surface area contributed by atoms with Gasteiger partial charge in [-0.05, 0) is 7.05 Å². The van der Waals surface area contributed by atoms with E-state index in [-0.39, 0.29) is 6.61 Å². The van der Waals surface area contributed by atoms with Crippen LogP contribution in [0.4, 0.5) is 0 Å². The molecule has 0 aromatic rings. The summed E-state index contributed by atoms with van der Waals surface area (Å²) < 4.78 is 4.15. The first-order valence-electron chi connectivity index (χ1n) is 2.63. The second-order valence-electron chi connectivity index (χ2n) is 1.61. The van der Waals surface area contributed by atoms with E-state index in [2.05, 4.69) is 10.1 Å². The van der Waals surface area contributed by atoms with E-state index in [1.807, 2.05) is 0 Å². The molecule has 0 spiro atoms. The van der Waals surface area contributed by atoms with Crippen molar-refractivity contribution in [2.45, 2.75) is 6.10 Å². The van der Waals surface area contributed by atoms with Crippen molar-refractivity contribution in [3.05, 3.63) is 0 Å². The van der Waals surface area contributed by atoms with Gasteiger partial charge in [0.05, 0.1) is 0 Å². The molecule has 0 saturated heterocycles. The molecular formula is C5H10NO3. The summed E-state index contributed by atoms with van der Waals surface area (Å²) in [5, 5.41) is 11.5. The number of hydrogen-bond donors (Lipinski definition) is 2. The van der Waals surface area contributed by atoms with E-state index in [9.17, 15) is 4.79 Å². The van der Waals surface area contributed by atoms with Crippen molar-refractivity contribution in [1.82, 2.24) is 5.32 Å². The van der Waals surface area contributed by atoms with Crippen molar-refractivity contribution in [2.24, 2.45) is 0 Å². The van der Waals surface area contributed by atoms with Gasteiger partial charge >= 0.3 is 6.47 Å². The molecule has 1 radical (unpaired) electrons. The normalized spacial score (nSPS) is 12.7. The zero-order valence-electron chi connectivity index (χ0n) is 5.26. The third-order valence-electron chi connectivity index (χ3n) is 0.774. The van der Waals surface area contributed by atoms with E-state index in [0.717, 1.165) is 0 Å². The fraction of sp³-hybridized carbons (Fsp3) is 0.800. The Labute approximate surface area is 53.8 Å². The molecule has 2 N–H and O–H groups in total. The number of likely N-dealkylation sites (N-methyl/N-ethyl adjacent to an activating group) is 1. The van der Waals surface area contributed by atoms with E-state index in [4.69, 9.17) is 5.11 Å². The Morgan fingerprint density at radius 1 is 1.89 bits per heavy atom. The van der Waals surface area contributed by atoms with Gasteiger partial charge in [-0.15, -0.1) is 0 Å². The summed E-state index contributed by atoms with van der Waals surface area (Å²) in [6.45, 7) is 1.64. The van der Waals surface area contributed by atoms with E-state index in [1.54, 1.807) is 7.05 Å². The molecule has 0 amide bonds. The molecule has 4 heteroatoms. The maximum absolute atomic E-state index is 9.43. The largest absolute Gasteiger partial charge is 0.454 e. The van der Waals surface area contributed by atoms with E-state index < -0.39 is 6.10 Å². The van der Waals surface area contributed by atoms with Crippen molar-refractivity contribution in [2.75, 3.05) is 20.2 Å². The maximum atomic E-state index is 9.43. The number of aliphatic hydroxyl groups is 1. The van der Waals surface area contributed by atoms with Crippen LogP contribution in [-0.2, 0) is 9.53 Å². The predicted molar refractivity (Wildman–Crippen MR) is 31.6 cm³/mol. The average molecular weight is 132 g/mol.